The van der Waals surface area contributed by atoms with Crippen LogP contribution >= 0.6 is 0 Å². The van der Waals surface area contributed by atoms with Crippen LogP contribution in [0.15, 0.2) is 12.4 Å². The zero-order chi connectivity index (χ0) is 22.4. The molecule has 0 radical (unpaired) electrons. The molecule has 2 heteroatoms. The monoisotopic (exact) mass is 434 g/mol. The van der Waals surface area contributed by atoms with Gasteiger partial charge in [0.05, 0.1) is 0 Å². The number of nitrogens with zero attached hydrogens (tertiary/aromatic N) is 2. The van der Waals surface area contributed by atoms with Crippen molar-refractivity contribution in [3.8, 4) is 0 Å². The van der Waals surface area contributed by atoms with E-state index in [2.05, 4.69) is 43.1 Å². The SMILES string of the molecule is CCCCCCCCCCCCCCCCCN1C=CN(C)C1CCCCCCCC. The second-order valence-corrected chi connectivity index (χ2v) is 10.2. The average molecular weight is 435 g/mol. The van der Waals surface area contributed by atoms with E-state index < -0.39 is 0 Å². The molecule has 0 bridgehead atoms. The molecule has 0 saturated heterocycles. The smallest absolute Gasteiger partial charge is 0.100 e. The lowest BCUT2D eigenvalue weighted by molar-refractivity contribution is 0.159. The van der Waals surface area contributed by atoms with E-state index in [0.717, 1.165) is 0 Å². The highest BCUT2D eigenvalue weighted by Gasteiger charge is 2.22. The predicted molar refractivity (Wildman–Crippen MR) is 140 cm³/mol. The van der Waals surface area contributed by atoms with Crippen molar-refractivity contribution in [1.29, 1.82) is 0 Å². The van der Waals surface area contributed by atoms with Crippen LogP contribution < -0.4 is 0 Å². The van der Waals surface area contributed by atoms with Crippen molar-refractivity contribution in [2.45, 2.75) is 161 Å². The Bertz CT molecular complexity index is 392. The second-order valence-electron chi connectivity index (χ2n) is 10.2. The van der Waals surface area contributed by atoms with Gasteiger partial charge in [-0.3, -0.25) is 0 Å². The fourth-order valence-corrected chi connectivity index (χ4v) is 4.99. The average Bonchev–Trinajstić information content (AvgIpc) is 3.12. The minimum atomic E-state index is 0.623. The van der Waals surface area contributed by atoms with Crippen LogP contribution in [-0.2, 0) is 0 Å². The molecule has 0 aromatic heterocycles. The van der Waals surface area contributed by atoms with Gasteiger partial charge in [-0.25, -0.2) is 0 Å². The Labute approximate surface area is 197 Å². The van der Waals surface area contributed by atoms with Crippen molar-refractivity contribution >= 4 is 0 Å². The molecule has 0 N–H and O–H groups in total. The second kappa shape index (κ2) is 21.2. The Hall–Kier alpha value is -0.660. The Morgan fingerprint density at radius 2 is 0.871 bits per heavy atom. The van der Waals surface area contributed by atoms with Crippen LogP contribution in [0.3, 0.4) is 0 Å². The lowest BCUT2D eigenvalue weighted by Crippen LogP contribution is -2.37. The molecule has 0 aliphatic carbocycles. The van der Waals surface area contributed by atoms with E-state index in [4.69, 9.17) is 0 Å². The van der Waals surface area contributed by atoms with Crippen molar-refractivity contribution in [3.05, 3.63) is 12.4 Å². The van der Waals surface area contributed by atoms with Gasteiger partial charge in [-0.05, 0) is 19.3 Å². The van der Waals surface area contributed by atoms with Gasteiger partial charge in [0.15, 0.2) is 0 Å². The Morgan fingerprint density at radius 3 is 1.32 bits per heavy atom. The van der Waals surface area contributed by atoms with E-state index in [0.29, 0.717) is 6.17 Å². The molecular weight excluding hydrogens is 376 g/mol. The molecule has 0 amide bonds. The first-order chi connectivity index (χ1) is 15.3. The van der Waals surface area contributed by atoms with Crippen LogP contribution in [0.2, 0.25) is 0 Å². The molecule has 0 aromatic rings. The molecule has 1 atom stereocenters. The molecule has 0 aromatic carbocycles. The molecule has 1 heterocycles. The van der Waals surface area contributed by atoms with Crippen molar-refractivity contribution < 1.29 is 0 Å². The fourth-order valence-electron chi connectivity index (χ4n) is 4.99. The molecule has 1 rings (SSSR count). The van der Waals surface area contributed by atoms with Gasteiger partial charge < -0.3 is 9.80 Å². The molecule has 184 valence electrons. The predicted octanol–water partition coefficient (Wildman–Crippen LogP) is 9.65. The summed E-state index contributed by atoms with van der Waals surface area (Å²) in [5.74, 6) is 0. The van der Waals surface area contributed by atoms with Gasteiger partial charge in [0.1, 0.15) is 6.17 Å². The van der Waals surface area contributed by atoms with Crippen LogP contribution in [0.1, 0.15) is 155 Å². The highest BCUT2D eigenvalue weighted by atomic mass is 15.4. The Balaban J connectivity index is 1.89. The van der Waals surface area contributed by atoms with Crippen LogP contribution in [0.25, 0.3) is 0 Å². The molecule has 0 spiro atoms. The maximum Gasteiger partial charge on any atom is 0.100 e. The molecule has 1 unspecified atom stereocenters. The Morgan fingerprint density at radius 1 is 0.484 bits per heavy atom. The summed E-state index contributed by atoms with van der Waals surface area (Å²) in [4.78, 5) is 5.03. The third-order valence-corrected chi connectivity index (χ3v) is 7.18. The van der Waals surface area contributed by atoms with E-state index >= 15 is 0 Å². The normalized spacial score (nSPS) is 16.0. The van der Waals surface area contributed by atoms with E-state index in [1.165, 1.54) is 148 Å². The summed E-state index contributed by atoms with van der Waals surface area (Å²) in [6, 6.07) is 0. The summed E-state index contributed by atoms with van der Waals surface area (Å²) in [6.07, 6.45) is 36.7. The molecule has 0 fully saturated rings. The highest BCUT2D eigenvalue weighted by Crippen LogP contribution is 2.21. The number of unbranched alkanes of at least 4 members (excludes halogenated alkanes) is 19. The van der Waals surface area contributed by atoms with Crippen molar-refractivity contribution in [3.63, 3.8) is 0 Å². The third kappa shape index (κ3) is 15.7. The number of rotatable bonds is 23. The summed E-state index contributed by atoms with van der Waals surface area (Å²) < 4.78 is 0. The first-order valence-electron chi connectivity index (χ1n) is 14.5. The summed E-state index contributed by atoms with van der Waals surface area (Å²) in [5.41, 5.74) is 0. The summed E-state index contributed by atoms with van der Waals surface area (Å²) >= 11 is 0. The zero-order valence-electron chi connectivity index (χ0n) is 21.9. The fraction of sp³-hybridized carbons (Fsp3) is 0.931. The van der Waals surface area contributed by atoms with Crippen LogP contribution in [0.5, 0.6) is 0 Å². The standard InChI is InChI=1S/C29H58N2/c1-4-6-8-10-12-13-14-15-16-17-18-19-20-22-24-26-31-28-27-30(3)29(31)25-23-21-11-9-7-5-2/h27-29H,4-26H2,1-3H3. The lowest BCUT2D eigenvalue weighted by Gasteiger charge is -2.30. The lowest BCUT2D eigenvalue weighted by atomic mass is 10.0. The maximum atomic E-state index is 2.61. The van der Waals surface area contributed by atoms with Crippen LogP contribution in [0, 0.1) is 0 Å². The van der Waals surface area contributed by atoms with E-state index in [1.807, 2.05) is 0 Å². The molecule has 0 saturated carbocycles. The maximum absolute atomic E-state index is 2.61. The molecule has 1 aliphatic rings. The highest BCUT2D eigenvalue weighted by molar-refractivity contribution is 4.95. The molecule has 31 heavy (non-hydrogen) atoms. The van der Waals surface area contributed by atoms with Gasteiger partial charge in [-0.1, -0.05) is 136 Å². The van der Waals surface area contributed by atoms with E-state index in [9.17, 15) is 0 Å². The first-order valence-corrected chi connectivity index (χ1v) is 14.5. The van der Waals surface area contributed by atoms with Gasteiger partial charge in [-0.15, -0.1) is 0 Å². The van der Waals surface area contributed by atoms with Crippen molar-refractivity contribution in [2.24, 2.45) is 0 Å². The number of hydrogen-bond acceptors (Lipinski definition) is 2. The zero-order valence-corrected chi connectivity index (χ0v) is 21.9. The molecule has 1 aliphatic heterocycles. The third-order valence-electron chi connectivity index (χ3n) is 7.18. The van der Waals surface area contributed by atoms with Gasteiger partial charge in [0.25, 0.3) is 0 Å². The van der Waals surface area contributed by atoms with Crippen LogP contribution in [0.4, 0.5) is 0 Å². The molecule has 2 nitrogen and oxygen atoms in total. The van der Waals surface area contributed by atoms with Crippen molar-refractivity contribution in [1.82, 2.24) is 9.80 Å². The van der Waals surface area contributed by atoms with Gasteiger partial charge in [-0.2, -0.15) is 0 Å². The topological polar surface area (TPSA) is 6.48 Å². The summed E-state index contributed by atoms with van der Waals surface area (Å²) in [5, 5.41) is 0. The van der Waals surface area contributed by atoms with E-state index in [1.54, 1.807) is 0 Å². The molecular formula is C29H58N2. The van der Waals surface area contributed by atoms with Crippen LogP contribution in [-0.4, -0.2) is 29.6 Å². The first kappa shape index (κ1) is 28.4. The summed E-state index contributed by atoms with van der Waals surface area (Å²) in [7, 11) is 2.25. The van der Waals surface area contributed by atoms with Gasteiger partial charge in [0, 0.05) is 26.0 Å². The minimum Gasteiger partial charge on any atom is -0.359 e. The van der Waals surface area contributed by atoms with Gasteiger partial charge >= 0.3 is 0 Å². The largest absolute Gasteiger partial charge is 0.359 e. The van der Waals surface area contributed by atoms with Crippen molar-refractivity contribution in [2.75, 3.05) is 13.6 Å². The van der Waals surface area contributed by atoms with E-state index in [-0.39, 0.29) is 0 Å². The minimum absolute atomic E-state index is 0.623. The summed E-state index contributed by atoms with van der Waals surface area (Å²) in [6.45, 7) is 5.85. The Kier molecular flexibility index (Phi) is 19.4. The quantitative estimate of drug-likeness (QED) is 0.148. The number of hydrogen-bond donors (Lipinski definition) is 0. The van der Waals surface area contributed by atoms with Gasteiger partial charge in [0.2, 0.25) is 0 Å².